The van der Waals surface area contributed by atoms with Gasteiger partial charge in [0.05, 0.1) is 7.11 Å². The summed E-state index contributed by atoms with van der Waals surface area (Å²) in [5.74, 6) is -2.08. The van der Waals surface area contributed by atoms with Gasteiger partial charge in [0.15, 0.2) is 17.7 Å². The highest BCUT2D eigenvalue weighted by Gasteiger charge is 2.46. The molecule has 0 radical (unpaired) electrons. The van der Waals surface area contributed by atoms with Crippen LogP contribution in [0.1, 0.15) is 27.7 Å². The van der Waals surface area contributed by atoms with Crippen molar-refractivity contribution in [1.29, 1.82) is 0 Å². The van der Waals surface area contributed by atoms with Gasteiger partial charge in [-0.3, -0.25) is 4.55 Å². The third kappa shape index (κ3) is 5.78. The number of azo groups is 1. The standard InChI is InChI=1S/C11H18F2N2O7S/c1-9(2,7(16)21-5)14-15-10(3,4)8(17)22-6-11(12,13)23(18,19)20/h6H2,1-5H3,(H,18,19,20). The van der Waals surface area contributed by atoms with E-state index in [0.29, 0.717) is 0 Å². The minimum atomic E-state index is -5.72. The van der Waals surface area contributed by atoms with Gasteiger partial charge in [0.2, 0.25) is 0 Å². The minimum absolute atomic E-state index is 0.747. The van der Waals surface area contributed by atoms with E-state index in [1.807, 2.05) is 0 Å². The van der Waals surface area contributed by atoms with Crippen molar-refractivity contribution < 1.29 is 40.8 Å². The SMILES string of the molecule is COC(=O)C(C)(C)N=NC(C)(C)C(=O)OCC(F)(F)S(=O)(=O)O. The summed E-state index contributed by atoms with van der Waals surface area (Å²) in [7, 11) is -4.60. The molecule has 1 N–H and O–H groups in total. The lowest BCUT2D eigenvalue weighted by Crippen LogP contribution is -2.39. The van der Waals surface area contributed by atoms with E-state index in [-0.39, 0.29) is 0 Å². The van der Waals surface area contributed by atoms with Crippen molar-refractivity contribution >= 4 is 22.1 Å². The quantitative estimate of drug-likeness (QED) is 0.410. The van der Waals surface area contributed by atoms with Crippen molar-refractivity contribution in [3.8, 4) is 0 Å². The number of rotatable bonds is 7. The van der Waals surface area contributed by atoms with Gasteiger partial charge in [-0.05, 0) is 27.7 Å². The van der Waals surface area contributed by atoms with Gasteiger partial charge in [0.25, 0.3) is 0 Å². The van der Waals surface area contributed by atoms with E-state index in [0.717, 1.165) is 21.0 Å². The van der Waals surface area contributed by atoms with Crippen LogP contribution >= 0.6 is 0 Å². The minimum Gasteiger partial charge on any atom is -0.467 e. The van der Waals surface area contributed by atoms with Gasteiger partial charge in [-0.1, -0.05) is 0 Å². The molecule has 0 fully saturated rings. The molecule has 12 heteroatoms. The summed E-state index contributed by atoms with van der Waals surface area (Å²) in [6.07, 6.45) is 0. The maximum atomic E-state index is 13.0. The fraction of sp³-hybridized carbons (Fsp3) is 0.818. The zero-order chi connectivity index (χ0) is 18.7. The molecule has 0 aromatic carbocycles. The van der Waals surface area contributed by atoms with E-state index in [9.17, 15) is 26.8 Å². The van der Waals surface area contributed by atoms with Gasteiger partial charge in [0.1, 0.15) is 0 Å². The summed E-state index contributed by atoms with van der Waals surface area (Å²) in [4.78, 5) is 23.1. The fourth-order valence-electron chi connectivity index (χ4n) is 0.982. The molecule has 0 spiro atoms. The molecule has 23 heavy (non-hydrogen) atoms. The maximum Gasteiger partial charge on any atom is 0.402 e. The Morgan fingerprint density at radius 2 is 1.43 bits per heavy atom. The summed E-state index contributed by atoms with van der Waals surface area (Å²) in [5.41, 5.74) is -3.20. The monoisotopic (exact) mass is 360 g/mol. The third-order valence-corrected chi connectivity index (χ3v) is 3.36. The molecule has 0 aromatic rings. The van der Waals surface area contributed by atoms with Crippen molar-refractivity contribution in [3.63, 3.8) is 0 Å². The first-order valence-corrected chi connectivity index (χ1v) is 7.55. The Morgan fingerprint density at radius 1 is 1.04 bits per heavy atom. The average Bonchev–Trinajstić information content (AvgIpc) is 2.40. The fourth-order valence-corrected chi connectivity index (χ4v) is 1.19. The summed E-state index contributed by atoms with van der Waals surface area (Å²) in [6.45, 7) is 3.10. The largest absolute Gasteiger partial charge is 0.467 e. The van der Waals surface area contributed by atoms with Crippen LogP contribution in [0.4, 0.5) is 8.78 Å². The first kappa shape index (κ1) is 21.3. The van der Waals surface area contributed by atoms with Crippen LogP contribution in [0.15, 0.2) is 10.2 Å². The van der Waals surface area contributed by atoms with Crippen LogP contribution in [0.25, 0.3) is 0 Å². The molecule has 0 bridgehead atoms. The number of halogens is 2. The van der Waals surface area contributed by atoms with Gasteiger partial charge >= 0.3 is 27.3 Å². The highest BCUT2D eigenvalue weighted by Crippen LogP contribution is 2.23. The van der Waals surface area contributed by atoms with Gasteiger partial charge in [-0.15, -0.1) is 0 Å². The number of hydrogen-bond donors (Lipinski definition) is 1. The van der Waals surface area contributed by atoms with Crippen molar-refractivity contribution in [1.82, 2.24) is 0 Å². The van der Waals surface area contributed by atoms with Gasteiger partial charge in [-0.2, -0.15) is 27.4 Å². The summed E-state index contributed by atoms with van der Waals surface area (Å²) in [5, 5.41) is 2.51. The number of methoxy groups -OCH3 is 1. The number of carbonyl (C=O) groups excluding carboxylic acids is 2. The Labute approximate surface area is 131 Å². The molecule has 0 atom stereocenters. The topological polar surface area (TPSA) is 132 Å². The molecule has 0 amide bonds. The van der Waals surface area contributed by atoms with E-state index in [1.54, 1.807) is 0 Å². The average molecular weight is 360 g/mol. The van der Waals surface area contributed by atoms with E-state index < -0.39 is 45.0 Å². The smallest absolute Gasteiger partial charge is 0.402 e. The van der Waals surface area contributed by atoms with Crippen LogP contribution < -0.4 is 0 Å². The van der Waals surface area contributed by atoms with Crippen molar-refractivity contribution in [2.45, 2.75) is 44.0 Å². The Morgan fingerprint density at radius 3 is 1.78 bits per heavy atom. The zero-order valence-electron chi connectivity index (χ0n) is 13.2. The van der Waals surface area contributed by atoms with Crippen molar-refractivity contribution in [2.24, 2.45) is 10.2 Å². The van der Waals surface area contributed by atoms with Crippen LogP contribution in [0.2, 0.25) is 0 Å². The predicted octanol–water partition coefficient (Wildman–Crippen LogP) is 1.19. The second-order valence-electron chi connectivity index (χ2n) is 5.50. The molecule has 9 nitrogen and oxygen atoms in total. The lowest BCUT2D eigenvalue weighted by molar-refractivity contribution is -0.155. The maximum absolute atomic E-state index is 13.0. The van der Waals surface area contributed by atoms with Gasteiger partial charge in [0, 0.05) is 0 Å². The first-order valence-electron chi connectivity index (χ1n) is 6.11. The first-order chi connectivity index (χ1) is 10.1. The summed E-state index contributed by atoms with van der Waals surface area (Å²) < 4.78 is 63.7. The molecule has 0 aliphatic rings. The molecule has 0 aromatic heterocycles. The molecule has 0 saturated carbocycles. The van der Waals surface area contributed by atoms with Crippen LogP contribution in [0, 0.1) is 0 Å². The number of hydrogen-bond acceptors (Lipinski definition) is 8. The van der Waals surface area contributed by atoms with E-state index >= 15 is 0 Å². The molecule has 134 valence electrons. The van der Waals surface area contributed by atoms with E-state index in [1.165, 1.54) is 13.8 Å². The van der Waals surface area contributed by atoms with Crippen molar-refractivity contribution in [3.05, 3.63) is 0 Å². The van der Waals surface area contributed by atoms with Crippen LogP contribution in [0.3, 0.4) is 0 Å². The van der Waals surface area contributed by atoms with E-state index in [4.69, 9.17) is 4.55 Å². The molecule has 0 saturated heterocycles. The predicted molar refractivity (Wildman–Crippen MR) is 72.5 cm³/mol. The highest BCUT2D eigenvalue weighted by molar-refractivity contribution is 7.86. The van der Waals surface area contributed by atoms with E-state index in [2.05, 4.69) is 19.7 Å². The third-order valence-electron chi connectivity index (χ3n) is 2.48. The molecule has 0 heterocycles. The highest BCUT2D eigenvalue weighted by atomic mass is 32.2. The van der Waals surface area contributed by atoms with Crippen molar-refractivity contribution in [2.75, 3.05) is 13.7 Å². The number of carbonyl (C=O) groups is 2. The lowest BCUT2D eigenvalue weighted by atomic mass is 10.1. The van der Waals surface area contributed by atoms with Crippen LogP contribution in [-0.4, -0.2) is 55.0 Å². The lowest BCUT2D eigenvalue weighted by Gasteiger charge is -2.21. The number of ether oxygens (including phenoxy) is 2. The number of nitrogens with zero attached hydrogens (tertiary/aromatic N) is 2. The van der Waals surface area contributed by atoms with Gasteiger partial charge in [-0.25, -0.2) is 9.59 Å². The number of alkyl halides is 2. The molecule has 0 aliphatic carbocycles. The Balaban J connectivity index is 5.04. The Hall–Kier alpha value is -1.69. The normalized spacial score (nSPS) is 13.9. The summed E-state index contributed by atoms with van der Waals surface area (Å²) >= 11 is 0. The summed E-state index contributed by atoms with van der Waals surface area (Å²) in [6, 6.07) is 0. The Kier molecular flexibility index (Phi) is 6.32. The molecule has 0 unspecified atom stereocenters. The van der Waals surface area contributed by atoms with Crippen LogP contribution in [-0.2, 0) is 29.2 Å². The van der Waals surface area contributed by atoms with Gasteiger partial charge < -0.3 is 9.47 Å². The molecular weight excluding hydrogens is 342 g/mol. The van der Waals surface area contributed by atoms with Crippen LogP contribution in [0.5, 0.6) is 0 Å². The second kappa shape index (κ2) is 6.83. The Bertz CT molecular complexity index is 599. The second-order valence-corrected chi connectivity index (χ2v) is 7.05. The number of esters is 2. The molecule has 0 rings (SSSR count). The molecule has 0 aliphatic heterocycles. The molecular formula is C11H18F2N2O7S. The zero-order valence-corrected chi connectivity index (χ0v) is 14.0.